The van der Waals surface area contributed by atoms with Crippen molar-refractivity contribution in [3.8, 4) is 0 Å². The van der Waals surface area contributed by atoms with Crippen LogP contribution in [-0.4, -0.2) is 86.3 Å². The van der Waals surface area contributed by atoms with Gasteiger partial charge in [-0.1, -0.05) is 26.0 Å². The van der Waals surface area contributed by atoms with E-state index in [1.54, 1.807) is 6.92 Å². The van der Waals surface area contributed by atoms with E-state index >= 15 is 0 Å². The van der Waals surface area contributed by atoms with E-state index in [9.17, 15) is 25.5 Å². The van der Waals surface area contributed by atoms with E-state index in [2.05, 4.69) is 13.8 Å². The Labute approximate surface area is 159 Å². The number of hydrogen-bond acceptors (Lipinski definition) is 8. The average molecular weight is 388 g/mol. The SMILES string of the molecule is C[C@@H](/C=C/[C@@]12O[C@]1(C)C[C@@H](O)CC2(C)C)O[C@@H]1O[C@H](CO)[C@@H](O)[C@H](O)[C@H]1O. The van der Waals surface area contributed by atoms with E-state index in [1.165, 1.54) is 0 Å². The molecule has 3 rings (SSSR count). The molecule has 9 atom stereocenters. The van der Waals surface area contributed by atoms with E-state index in [1.807, 2.05) is 19.1 Å². The second kappa shape index (κ2) is 7.03. The van der Waals surface area contributed by atoms with Crippen LogP contribution in [0.15, 0.2) is 12.2 Å². The van der Waals surface area contributed by atoms with Gasteiger partial charge in [0.25, 0.3) is 0 Å². The maximum atomic E-state index is 10.1. The van der Waals surface area contributed by atoms with E-state index in [4.69, 9.17) is 14.2 Å². The Balaban J connectivity index is 1.67. The molecule has 2 saturated heterocycles. The molecule has 156 valence electrons. The van der Waals surface area contributed by atoms with Gasteiger partial charge < -0.3 is 39.7 Å². The molecule has 0 amide bonds. The van der Waals surface area contributed by atoms with Crippen LogP contribution in [-0.2, 0) is 14.2 Å². The minimum Gasteiger partial charge on any atom is -0.394 e. The first kappa shape index (κ1) is 21.1. The van der Waals surface area contributed by atoms with Crippen LogP contribution < -0.4 is 0 Å². The second-order valence-corrected chi connectivity index (χ2v) is 8.91. The van der Waals surface area contributed by atoms with Gasteiger partial charge in [-0.15, -0.1) is 0 Å². The van der Waals surface area contributed by atoms with Gasteiger partial charge in [0.2, 0.25) is 0 Å². The van der Waals surface area contributed by atoms with Crippen LogP contribution in [0.25, 0.3) is 0 Å². The monoisotopic (exact) mass is 388 g/mol. The molecule has 2 aliphatic heterocycles. The Bertz CT molecular complexity index is 578. The summed E-state index contributed by atoms with van der Waals surface area (Å²) in [6.07, 6.45) is -2.39. The highest BCUT2D eigenvalue weighted by Gasteiger charge is 2.74. The fraction of sp³-hybridized carbons (Fsp3) is 0.895. The normalized spacial score (nSPS) is 50.4. The Hall–Kier alpha value is -0.580. The molecule has 0 unspecified atom stereocenters. The quantitative estimate of drug-likeness (QED) is 0.313. The third kappa shape index (κ3) is 3.47. The van der Waals surface area contributed by atoms with E-state index in [0.717, 1.165) is 0 Å². The molecule has 8 nitrogen and oxygen atoms in total. The molecule has 5 N–H and O–H groups in total. The first-order valence-corrected chi connectivity index (χ1v) is 9.50. The predicted octanol–water partition coefficient (Wildman–Crippen LogP) is -0.544. The maximum Gasteiger partial charge on any atom is 0.187 e. The largest absolute Gasteiger partial charge is 0.394 e. The zero-order chi connectivity index (χ0) is 20.2. The van der Waals surface area contributed by atoms with Crippen molar-refractivity contribution < 1.29 is 39.7 Å². The van der Waals surface area contributed by atoms with Crippen LogP contribution in [0, 0.1) is 5.41 Å². The number of hydrogen-bond donors (Lipinski definition) is 5. The van der Waals surface area contributed by atoms with Crippen molar-refractivity contribution in [1.29, 1.82) is 0 Å². The Morgan fingerprint density at radius 1 is 1.07 bits per heavy atom. The van der Waals surface area contributed by atoms with Gasteiger partial charge in [-0.05, 0) is 20.3 Å². The summed E-state index contributed by atoms with van der Waals surface area (Å²) in [5.41, 5.74) is -1.17. The number of aliphatic hydroxyl groups excluding tert-OH is 5. The maximum absolute atomic E-state index is 10.1. The van der Waals surface area contributed by atoms with Crippen molar-refractivity contribution in [2.75, 3.05) is 6.61 Å². The van der Waals surface area contributed by atoms with Gasteiger partial charge in [-0.2, -0.15) is 0 Å². The molecule has 0 bridgehead atoms. The zero-order valence-corrected chi connectivity index (χ0v) is 16.3. The first-order valence-electron chi connectivity index (χ1n) is 9.50. The minimum absolute atomic E-state index is 0.251. The van der Waals surface area contributed by atoms with Crippen LogP contribution in [0.1, 0.15) is 40.5 Å². The lowest BCUT2D eigenvalue weighted by atomic mass is 9.63. The molecule has 27 heavy (non-hydrogen) atoms. The van der Waals surface area contributed by atoms with Crippen LogP contribution in [0.3, 0.4) is 0 Å². The average Bonchev–Trinajstić information content (AvgIpc) is 3.19. The highest BCUT2D eigenvalue weighted by molar-refractivity contribution is 5.32. The van der Waals surface area contributed by atoms with E-state index < -0.39 is 60.7 Å². The Kier molecular flexibility index (Phi) is 5.51. The molecule has 8 heteroatoms. The third-order valence-corrected chi connectivity index (χ3v) is 6.31. The fourth-order valence-electron chi connectivity index (χ4n) is 4.78. The summed E-state index contributed by atoms with van der Waals surface area (Å²) in [5.74, 6) is 0. The summed E-state index contributed by atoms with van der Waals surface area (Å²) in [4.78, 5) is 0. The molecule has 0 aromatic carbocycles. The number of ether oxygens (including phenoxy) is 3. The van der Waals surface area contributed by atoms with Crippen molar-refractivity contribution >= 4 is 0 Å². The van der Waals surface area contributed by atoms with Crippen LogP contribution in [0.5, 0.6) is 0 Å². The Morgan fingerprint density at radius 3 is 2.33 bits per heavy atom. The molecule has 3 fully saturated rings. The molecule has 3 aliphatic rings. The predicted molar refractivity (Wildman–Crippen MR) is 94.7 cm³/mol. The van der Waals surface area contributed by atoms with Gasteiger partial charge in [-0.25, -0.2) is 0 Å². The number of rotatable bonds is 5. The van der Waals surface area contributed by atoms with Gasteiger partial charge in [0.05, 0.1) is 18.8 Å². The van der Waals surface area contributed by atoms with Crippen LogP contribution in [0.4, 0.5) is 0 Å². The number of epoxide rings is 1. The molecule has 0 aromatic heterocycles. The summed E-state index contributed by atoms with van der Waals surface area (Å²) in [7, 11) is 0. The standard InChI is InChI=1S/C19H32O8/c1-10(25-16-15(24)14(23)13(22)12(9-20)26-16)5-6-19-17(2,3)7-11(21)8-18(19,4)27-19/h5-6,10-16,20-24H,7-9H2,1-4H3/b6-5+/t10-,11-,12+,13+,14-,15+,16+,18+,19-/m0/s1. The van der Waals surface area contributed by atoms with Crippen molar-refractivity contribution in [2.24, 2.45) is 5.41 Å². The first-order chi connectivity index (χ1) is 12.5. The third-order valence-electron chi connectivity index (χ3n) is 6.31. The van der Waals surface area contributed by atoms with Gasteiger partial charge in [0.15, 0.2) is 6.29 Å². The molecular formula is C19H32O8. The Morgan fingerprint density at radius 2 is 1.74 bits per heavy atom. The second-order valence-electron chi connectivity index (χ2n) is 8.91. The van der Waals surface area contributed by atoms with Crippen molar-refractivity contribution in [3.63, 3.8) is 0 Å². The number of aliphatic hydroxyl groups is 5. The summed E-state index contributed by atoms with van der Waals surface area (Å²) < 4.78 is 17.1. The van der Waals surface area contributed by atoms with Crippen molar-refractivity contribution in [3.05, 3.63) is 12.2 Å². The lowest BCUT2D eigenvalue weighted by molar-refractivity contribution is -0.306. The van der Waals surface area contributed by atoms with Crippen molar-refractivity contribution in [1.82, 2.24) is 0 Å². The van der Waals surface area contributed by atoms with E-state index in [0.29, 0.717) is 12.8 Å². The lowest BCUT2D eigenvalue weighted by Crippen LogP contribution is -2.59. The molecule has 0 spiro atoms. The van der Waals surface area contributed by atoms with Gasteiger partial charge in [-0.3, -0.25) is 0 Å². The van der Waals surface area contributed by atoms with Crippen LogP contribution in [0.2, 0.25) is 0 Å². The highest BCUT2D eigenvalue weighted by atomic mass is 16.7. The molecule has 0 radical (unpaired) electrons. The van der Waals surface area contributed by atoms with E-state index in [-0.39, 0.29) is 5.41 Å². The summed E-state index contributed by atoms with van der Waals surface area (Å²) in [6.45, 7) is 7.38. The fourth-order valence-corrected chi connectivity index (χ4v) is 4.78. The highest BCUT2D eigenvalue weighted by Crippen LogP contribution is 2.66. The lowest BCUT2D eigenvalue weighted by Gasteiger charge is -2.40. The molecule has 1 aliphatic carbocycles. The van der Waals surface area contributed by atoms with Gasteiger partial charge in [0, 0.05) is 11.8 Å². The number of fused-ring (bicyclic) bond motifs is 1. The topological polar surface area (TPSA) is 132 Å². The molecular weight excluding hydrogens is 356 g/mol. The van der Waals surface area contributed by atoms with Crippen LogP contribution >= 0.6 is 0 Å². The minimum atomic E-state index is -1.47. The van der Waals surface area contributed by atoms with Crippen molar-refractivity contribution in [2.45, 2.75) is 94.7 Å². The zero-order valence-electron chi connectivity index (χ0n) is 16.3. The summed E-state index contributed by atoms with van der Waals surface area (Å²) in [6, 6.07) is 0. The van der Waals surface area contributed by atoms with Gasteiger partial charge >= 0.3 is 0 Å². The summed E-state index contributed by atoms with van der Waals surface area (Å²) in [5, 5.41) is 49.1. The van der Waals surface area contributed by atoms with Gasteiger partial charge in [0.1, 0.15) is 35.6 Å². The molecule has 1 saturated carbocycles. The molecule has 0 aromatic rings. The summed E-state index contributed by atoms with van der Waals surface area (Å²) >= 11 is 0. The molecule has 2 heterocycles. The smallest absolute Gasteiger partial charge is 0.187 e.